The maximum atomic E-state index is 14.3. The van der Waals surface area contributed by atoms with E-state index in [1.165, 1.54) is 24.0 Å². The summed E-state index contributed by atoms with van der Waals surface area (Å²) in [5.41, 5.74) is 22.3. The Morgan fingerprint density at radius 1 is 0.770 bits per heavy atom. The minimum Gasteiger partial charge on any atom is -0.508 e. The Hall–Kier alpha value is -6.15. The van der Waals surface area contributed by atoms with Crippen LogP contribution in [-0.4, -0.2) is 124 Å². The standard InChI is InChI=1S/C40H66N12O9/c1-6-23(4)32(36(58)50-30(38(60)61)20-22(2)3)51-34(56)29(21-25-13-15-26(54)16-14-25)49-35(57)31-12-9-19-52(31)37(59)28(11-8-18-46-40(43)44)48-33(55)27(47-24(5)53)10-7-17-45-39(41)42/h13-16,22-23,27-32,54H,6-12,17-21H2,1-5H3,(H,47,53)(H,48,55)(H,49,57)(H,50,58)(H,51,56)(H,60,61)(H4,41,42,45)(H4,43,44,46)/t23?,27-,28-,29-,30-,31-,32-/m0/s1. The van der Waals surface area contributed by atoms with E-state index in [2.05, 4.69) is 36.6 Å². The molecule has 1 heterocycles. The summed E-state index contributed by atoms with van der Waals surface area (Å²) in [6.07, 6.45) is 1.99. The Morgan fingerprint density at radius 3 is 1.85 bits per heavy atom. The Balaban J connectivity index is 2.42. The number of benzene rings is 1. The average Bonchev–Trinajstić information content (AvgIpc) is 3.68. The van der Waals surface area contributed by atoms with E-state index in [0.29, 0.717) is 24.8 Å². The monoisotopic (exact) mass is 859 g/mol. The summed E-state index contributed by atoms with van der Waals surface area (Å²) in [4.78, 5) is 103. The van der Waals surface area contributed by atoms with E-state index < -0.39 is 83.6 Å². The van der Waals surface area contributed by atoms with E-state index in [4.69, 9.17) is 22.9 Å². The van der Waals surface area contributed by atoms with Crippen molar-refractivity contribution in [3.05, 3.63) is 29.8 Å². The van der Waals surface area contributed by atoms with Crippen LogP contribution >= 0.6 is 0 Å². The molecule has 1 aromatic rings. The maximum Gasteiger partial charge on any atom is 0.326 e. The van der Waals surface area contributed by atoms with Crippen LogP contribution in [0.3, 0.4) is 0 Å². The number of aliphatic carboxylic acids is 1. The van der Waals surface area contributed by atoms with Crippen molar-refractivity contribution in [2.24, 2.45) is 44.8 Å². The zero-order chi connectivity index (χ0) is 45.8. The molecule has 0 bridgehead atoms. The molecule has 0 spiro atoms. The first kappa shape index (κ1) is 51.0. The van der Waals surface area contributed by atoms with Gasteiger partial charge in [0.1, 0.15) is 42.0 Å². The van der Waals surface area contributed by atoms with E-state index in [0.717, 1.165) is 0 Å². The van der Waals surface area contributed by atoms with E-state index in [1.54, 1.807) is 19.1 Å². The number of phenols is 1. The maximum absolute atomic E-state index is 14.3. The zero-order valence-electron chi connectivity index (χ0n) is 35.8. The van der Waals surface area contributed by atoms with Crippen LogP contribution in [0.4, 0.5) is 0 Å². The summed E-state index contributed by atoms with van der Waals surface area (Å²) >= 11 is 0. The van der Waals surface area contributed by atoms with Crippen molar-refractivity contribution < 1.29 is 43.8 Å². The molecular weight excluding hydrogens is 793 g/mol. The van der Waals surface area contributed by atoms with E-state index in [9.17, 15) is 43.8 Å². The van der Waals surface area contributed by atoms with Gasteiger partial charge in [-0.25, -0.2) is 4.79 Å². The molecule has 1 aliphatic rings. The lowest BCUT2D eigenvalue weighted by atomic mass is 9.96. The van der Waals surface area contributed by atoms with E-state index in [1.807, 2.05) is 20.8 Å². The minimum atomic E-state index is -1.28. The SMILES string of the molecule is CCC(C)[C@H](NC(=O)[C@H](Cc1ccc(O)cc1)NC(=O)[C@@H]1CCCN1C(=O)[C@H](CCCN=C(N)N)NC(=O)[C@H](CCCN=C(N)N)NC(C)=O)C(=O)N[C@@H](CC(C)C)C(=O)O. The fraction of sp³-hybridized carbons (Fsp3) is 0.625. The number of rotatable bonds is 25. The number of nitrogens with zero attached hydrogens (tertiary/aromatic N) is 3. The number of carbonyl (C=O) groups excluding carboxylic acids is 6. The topological polar surface area (TPSA) is 352 Å². The molecule has 21 heteroatoms. The number of carboxylic acid groups (broad SMARTS) is 1. The number of aromatic hydroxyl groups is 1. The number of phenolic OH excluding ortho intramolecular Hbond substituents is 1. The number of nitrogens with two attached hydrogens (primary N) is 4. The molecule has 61 heavy (non-hydrogen) atoms. The highest BCUT2D eigenvalue weighted by molar-refractivity contribution is 5.97. The van der Waals surface area contributed by atoms with Crippen LogP contribution in [0, 0.1) is 11.8 Å². The molecule has 1 fully saturated rings. The highest BCUT2D eigenvalue weighted by atomic mass is 16.4. The van der Waals surface area contributed by atoms with Crippen molar-refractivity contribution in [2.75, 3.05) is 19.6 Å². The van der Waals surface area contributed by atoms with Crippen LogP contribution in [-0.2, 0) is 40.0 Å². The molecule has 1 unspecified atom stereocenters. The predicted octanol–water partition coefficient (Wildman–Crippen LogP) is -1.35. The van der Waals surface area contributed by atoms with Crippen LogP contribution in [0.15, 0.2) is 34.3 Å². The van der Waals surface area contributed by atoms with Crippen LogP contribution in [0.5, 0.6) is 5.75 Å². The number of likely N-dealkylation sites (tertiary alicyclic amines) is 1. The molecule has 6 amide bonds. The Bertz CT molecular complexity index is 1710. The second-order valence-corrected chi connectivity index (χ2v) is 15.7. The Morgan fingerprint density at radius 2 is 1.33 bits per heavy atom. The molecule has 21 nitrogen and oxygen atoms in total. The zero-order valence-corrected chi connectivity index (χ0v) is 35.8. The largest absolute Gasteiger partial charge is 0.508 e. The van der Waals surface area contributed by atoms with Crippen molar-refractivity contribution in [3.63, 3.8) is 0 Å². The summed E-state index contributed by atoms with van der Waals surface area (Å²) in [6, 6.07) is -0.931. The molecular formula is C40H66N12O9. The molecule has 1 saturated heterocycles. The summed E-state index contributed by atoms with van der Waals surface area (Å²) in [7, 11) is 0. The summed E-state index contributed by atoms with van der Waals surface area (Å²) in [5.74, 6) is -5.82. The summed E-state index contributed by atoms with van der Waals surface area (Å²) in [5, 5.41) is 33.0. The smallest absolute Gasteiger partial charge is 0.326 e. The number of hydrogen-bond acceptors (Lipinski definition) is 10. The number of nitrogens with one attached hydrogen (secondary N) is 5. The van der Waals surface area contributed by atoms with Crippen LogP contribution < -0.4 is 49.5 Å². The van der Waals surface area contributed by atoms with Crippen molar-refractivity contribution in [1.29, 1.82) is 0 Å². The molecule has 1 aliphatic heterocycles. The number of carbonyl (C=O) groups is 7. The van der Waals surface area contributed by atoms with Gasteiger partial charge >= 0.3 is 5.97 Å². The average molecular weight is 859 g/mol. The van der Waals surface area contributed by atoms with E-state index in [-0.39, 0.29) is 81.7 Å². The van der Waals surface area contributed by atoms with Gasteiger partial charge in [-0.05, 0) is 74.5 Å². The van der Waals surface area contributed by atoms with Gasteiger partial charge in [-0.1, -0.05) is 46.2 Å². The molecule has 340 valence electrons. The minimum absolute atomic E-state index is 0.0222. The van der Waals surface area contributed by atoms with Crippen LogP contribution in [0.25, 0.3) is 0 Å². The third-order valence-corrected chi connectivity index (χ3v) is 10.2. The second kappa shape index (κ2) is 25.5. The summed E-state index contributed by atoms with van der Waals surface area (Å²) < 4.78 is 0. The molecule has 1 aromatic carbocycles. The molecule has 7 atom stereocenters. The second-order valence-electron chi connectivity index (χ2n) is 15.7. The highest BCUT2D eigenvalue weighted by Crippen LogP contribution is 2.21. The van der Waals surface area contributed by atoms with E-state index >= 15 is 0 Å². The van der Waals surface area contributed by atoms with Gasteiger partial charge in [-0.2, -0.15) is 0 Å². The number of aliphatic imine (C=N–C) groups is 2. The first-order valence-electron chi connectivity index (χ1n) is 20.6. The lowest BCUT2D eigenvalue weighted by molar-refractivity contribution is -0.143. The predicted molar refractivity (Wildman–Crippen MR) is 228 cm³/mol. The number of carboxylic acids is 1. The van der Waals surface area contributed by atoms with Gasteiger partial charge < -0.3 is 64.6 Å². The number of amides is 6. The van der Waals surface area contributed by atoms with Gasteiger partial charge in [-0.15, -0.1) is 0 Å². The third kappa shape index (κ3) is 17.9. The van der Waals surface area contributed by atoms with Gasteiger partial charge in [0.05, 0.1) is 0 Å². The quantitative estimate of drug-likeness (QED) is 0.0308. The third-order valence-electron chi connectivity index (χ3n) is 10.2. The Labute approximate surface area is 356 Å². The molecule has 15 N–H and O–H groups in total. The van der Waals surface area contributed by atoms with Gasteiger partial charge in [-0.3, -0.25) is 38.8 Å². The fourth-order valence-electron chi connectivity index (χ4n) is 6.81. The lowest BCUT2D eigenvalue weighted by Crippen LogP contribution is -2.60. The van der Waals surface area contributed by atoms with Crippen molar-refractivity contribution >= 4 is 53.3 Å². The molecule has 0 saturated carbocycles. The van der Waals surface area contributed by atoms with Crippen molar-refractivity contribution in [2.45, 2.75) is 129 Å². The summed E-state index contributed by atoms with van der Waals surface area (Å²) in [6.45, 7) is 8.91. The fourth-order valence-corrected chi connectivity index (χ4v) is 6.81. The van der Waals surface area contributed by atoms with Crippen molar-refractivity contribution in [3.8, 4) is 5.75 Å². The van der Waals surface area contributed by atoms with Crippen molar-refractivity contribution in [1.82, 2.24) is 31.5 Å². The van der Waals surface area contributed by atoms with Crippen LogP contribution in [0.2, 0.25) is 0 Å². The molecule has 2 rings (SSSR count). The normalized spacial score (nSPS) is 16.4. The molecule has 0 aromatic heterocycles. The first-order chi connectivity index (χ1) is 28.7. The molecule has 0 radical (unpaired) electrons. The van der Waals surface area contributed by atoms with Gasteiger partial charge in [0.25, 0.3) is 0 Å². The van der Waals surface area contributed by atoms with Crippen LogP contribution in [0.1, 0.15) is 91.5 Å². The highest BCUT2D eigenvalue weighted by Gasteiger charge is 2.40. The lowest BCUT2D eigenvalue weighted by Gasteiger charge is -2.31. The number of hydrogen-bond donors (Lipinski definition) is 11. The van der Waals surface area contributed by atoms with Gasteiger partial charge in [0.15, 0.2) is 11.9 Å². The van der Waals surface area contributed by atoms with Gasteiger partial charge in [0.2, 0.25) is 35.4 Å². The number of guanidine groups is 2. The Kier molecular flexibility index (Phi) is 21.3. The first-order valence-corrected chi connectivity index (χ1v) is 20.6. The molecule has 0 aliphatic carbocycles. The van der Waals surface area contributed by atoms with Gasteiger partial charge in [0, 0.05) is 33.0 Å².